The monoisotopic (exact) mass is 419 g/mol. The second-order valence-electron chi connectivity index (χ2n) is 8.31. The number of fused-ring (bicyclic) bond motifs is 1. The van der Waals surface area contributed by atoms with Crippen molar-refractivity contribution in [3.8, 4) is 34.7 Å². The fraction of sp³-hybridized carbons (Fsp3) is 0.333. The third-order valence-electron chi connectivity index (χ3n) is 4.97. The zero-order chi connectivity index (χ0) is 22.6. The van der Waals surface area contributed by atoms with E-state index < -0.39 is 0 Å². The van der Waals surface area contributed by atoms with Gasteiger partial charge >= 0.3 is 5.97 Å². The first-order valence-electron chi connectivity index (χ1n) is 10.0. The highest BCUT2D eigenvalue weighted by Crippen LogP contribution is 2.32. The zero-order valence-electron chi connectivity index (χ0n) is 18.1. The van der Waals surface area contributed by atoms with E-state index in [1.54, 1.807) is 12.1 Å². The van der Waals surface area contributed by atoms with E-state index in [2.05, 4.69) is 20.9 Å². The number of carbonyl (C=O) groups is 1. The Hall–Kier alpha value is -3.66. The van der Waals surface area contributed by atoms with Gasteiger partial charge in [-0.25, -0.2) is 0 Å². The number of ether oxygens (including phenoxy) is 1. The van der Waals surface area contributed by atoms with Gasteiger partial charge in [0, 0.05) is 11.1 Å². The summed E-state index contributed by atoms with van der Waals surface area (Å²) in [6.45, 7) is 5.45. The minimum Gasteiger partial charge on any atom is -0.507 e. The first-order chi connectivity index (χ1) is 14.7. The average molecular weight is 419 g/mol. The third-order valence-corrected chi connectivity index (χ3v) is 4.97. The Morgan fingerprint density at radius 2 is 2.00 bits per heavy atom. The Kier molecular flexibility index (Phi) is 6.40. The van der Waals surface area contributed by atoms with Crippen LogP contribution in [0.3, 0.4) is 0 Å². The largest absolute Gasteiger partial charge is 0.507 e. The molecule has 1 aromatic heterocycles. The fourth-order valence-electron chi connectivity index (χ4n) is 3.34. The van der Waals surface area contributed by atoms with Gasteiger partial charge in [-0.05, 0) is 69.4 Å². The molecule has 0 saturated carbocycles. The normalized spacial score (nSPS) is 12.4. The minimum absolute atomic E-state index is 0.0585. The van der Waals surface area contributed by atoms with Crippen molar-refractivity contribution in [1.29, 1.82) is 5.26 Å². The molecule has 0 spiro atoms. The molecule has 2 aromatic carbocycles. The molecule has 4 rings (SSSR count). The number of hydrogen-bond donors (Lipinski definition) is 1. The van der Waals surface area contributed by atoms with Crippen LogP contribution in [0.4, 0.5) is 0 Å². The maximum absolute atomic E-state index is 10.6. The number of hydrogen-bond acceptors (Lipinski definition) is 7. The fourth-order valence-corrected chi connectivity index (χ4v) is 3.34. The molecule has 1 heterocycles. The number of esters is 1. The Balaban J connectivity index is 0.000000293. The predicted molar refractivity (Wildman–Crippen MR) is 115 cm³/mol. The van der Waals surface area contributed by atoms with Crippen molar-refractivity contribution in [1.82, 2.24) is 10.1 Å². The van der Waals surface area contributed by atoms with Gasteiger partial charge in [0.05, 0.1) is 18.1 Å². The molecule has 7 nitrogen and oxygen atoms in total. The second kappa shape index (κ2) is 9.00. The van der Waals surface area contributed by atoms with Gasteiger partial charge in [-0.2, -0.15) is 10.2 Å². The van der Waals surface area contributed by atoms with Crippen LogP contribution in [0, 0.1) is 16.7 Å². The highest BCUT2D eigenvalue weighted by atomic mass is 16.5. The molecule has 0 atom stereocenters. The lowest BCUT2D eigenvalue weighted by Gasteiger charge is -2.13. The van der Waals surface area contributed by atoms with Gasteiger partial charge < -0.3 is 14.4 Å². The number of aryl methyl sites for hydroxylation is 1. The molecule has 0 aliphatic heterocycles. The summed E-state index contributed by atoms with van der Waals surface area (Å²) in [5.41, 5.74) is 4.10. The molecular formula is C24H25N3O4. The summed E-state index contributed by atoms with van der Waals surface area (Å²) >= 11 is 0. The number of methoxy groups -OCH3 is 1. The van der Waals surface area contributed by atoms with Gasteiger partial charge in [-0.3, -0.25) is 4.79 Å². The summed E-state index contributed by atoms with van der Waals surface area (Å²) in [6.07, 6.45) is 3.28. The maximum atomic E-state index is 10.6. The SMILES string of the molecule is COC(=O)C(C)(C)C.N#Cc1cc(-c2nc(-c3cccc4c3CCC4)no2)ccc1O. The van der Waals surface area contributed by atoms with Crippen LogP contribution in [-0.4, -0.2) is 28.3 Å². The highest BCUT2D eigenvalue weighted by molar-refractivity contribution is 5.75. The molecule has 0 saturated heterocycles. The van der Waals surface area contributed by atoms with Gasteiger partial charge in [0.15, 0.2) is 0 Å². The second-order valence-corrected chi connectivity index (χ2v) is 8.31. The van der Waals surface area contributed by atoms with Gasteiger partial charge in [0.25, 0.3) is 5.89 Å². The van der Waals surface area contributed by atoms with Crippen LogP contribution in [0.5, 0.6) is 5.75 Å². The van der Waals surface area contributed by atoms with E-state index in [9.17, 15) is 9.90 Å². The van der Waals surface area contributed by atoms with E-state index in [4.69, 9.17) is 9.78 Å². The number of benzene rings is 2. The van der Waals surface area contributed by atoms with Crippen LogP contribution in [0.2, 0.25) is 0 Å². The van der Waals surface area contributed by atoms with Crippen molar-refractivity contribution in [2.75, 3.05) is 7.11 Å². The van der Waals surface area contributed by atoms with E-state index in [1.807, 2.05) is 39.0 Å². The van der Waals surface area contributed by atoms with Crippen LogP contribution in [-0.2, 0) is 22.4 Å². The summed E-state index contributed by atoms with van der Waals surface area (Å²) < 4.78 is 9.83. The lowest BCUT2D eigenvalue weighted by atomic mass is 9.98. The van der Waals surface area contributed by atoms with Crippen molar-refractivity contribution in [3.63, 3.8) is 0 Å². The smallest absolute Gasteiger partial charge is 0.310 e. The van der Waals surface area contributed by atoms with Crippen LogP contribution in [0.15, 0.2) is 40.9 Å². The number of phenolic OH excluding ortho intramolecular Hbond substituents is 1. The first kappa shape index (κ1) is 22.0. The number of aromatic nitrogens is 2. The predicted octanol–water partition coefficient (Wildman–Crippen LogP) is 4.68. The first-order valence-corrected chi connectivity index (χ1v) is 10.0. The van der Waals surface area contributed by atoms with Crippen LogP contribution < -0.4 is 0 Å². The van der Waals surface area contributed by atoms with E-state index in [1.165, 1.54) is 24.3 Å². The Morgan fingerprint density at radius 3 is 2.65 bits per heavy atom. The lowest BCUT2D eigenvalue weighted by molar-refractivity contribution is -0.149. The van der Waals surface area contributed by atoms with Gasteiger partial charge in [-0.15, -0.1) is 0 Å². The van der Waals surface area contributed by atoms with Crippen molar-refractivity contribution < 1.29 is 19.2 Å². The quantitative estimate of drug-likeness (QED) is 0.601. The molecule has 1 aliphatic rings. The Morgan fingerprint density at radius 1 is 1.23 bits per heavy atom. The number of nitriles is 1. The summed E-state index contributed by atoms with van der Waals surface area (Å²) in [5.74, 6) is 0.673. The zero-order valence-corrected chi connectivity index (χ0v) is 18.1. The summed E-state index contributed by atoms with van der Waals surface area (Å²) in [7, 11) is 1.40. The van der Waals surface area contributed by atoms with Gasteiger partial charge in [-0.1, -0.05) is 23.4 Å². The number of carbonyl (C=O) groups excluding carboxylic acids is 1. The molecule has 3 aromatic rings. The van der Waals surface area contributed by atoms with Gasteiger partial charge in [0.2, 0.25) is 5.82 Å². The number of rotatable bonds is 2. The molecule has 0 unspecified atom stereocenters. The van der Waals surface area contributed by atoms with Crippen molar-refractivity contribution in [2.24, 2.45) is 5.41 Å². The van der Waals surface area contributed by atoms with E-state index in [0.29, 0.717) is 17.3 Å². The molecule has 1 N–H and O–H groups in total. The molecule has 0 fully saturated rings. The van der Waals surface area contributed by atoms with E-state index >= 15 is 0 Å². The van der Waals surface area contributed by atoms with Gasteiger partial charge in [0.1, 0.15) is 11.8 Å². The molecule has 0 bridgehead atoms. The summed E-state index contributed by atoms with van der Waals surface area (Å²) in [6, 6.07) is 12.8. The van der Waals surface area contributed by atoms with Crippen LogP contribution in [0.1, 0.15) is 43.9 Å². The third kappa shape index (κ3) is 4.92. The van der Waals surface area contributed by atoms with Crippen LogP contribution >= 0.6 is 0 Å². The van der Waals surface area contributed by atoms with Crippen molar-refractivity contribution >= 4 is 5.97 Å². The molecule has 0 radical (unpaired) electrons. The number of nitrogens with zero attached hydrogens (tertiary/aromatic N) is 3. The molecule has 7 heteroatoms. The van der Waals surface area contributed by atoms with Crippen molar-refractivity contribution in [2.45, 2.75) is 40.0 Å². The number of aromatic hydroxyl groups is 1. The summed E-state index contributed by atoms with van der Waals surface area (Å²) in [5, 5.41) is 22.7. The Labute approximate surface area is 181 Å². The molecule has 0 amide bonds. The van der Waals surface area contributed by atoms with Crippen molar-refractivity contribution in [3.05, 3.63) is 53.1 Å². The molecule has 1 aliphatic carbocycles. The Bertz CT molecular complexity index is 1140. The standard InChI is InChI=1S/C18H13N3O2.C6H12O2/c19-10-13-9-12(7-8-16(13)22)18-20-17(21-23-18)15-6-2-4-11-3-1-5-14(11)15;1-6(2,3)5(7)8-4/h2,4,6-9,22H,1,3,5H2;1-4H3. The lowest BCUT2D eigenvalue weighted by Crippen LogP contribution is -2.21. The van der Waals surface area contributed by atoms with E-state index in [-0.39, 0.29) is 22.7 Å². The molecule has 31 heavy (non-hydrogen) atoms. The molecular weight excluding hydrogens is 394 g/mol. The average Bonchev–Trinajstić information content (AvgIpc) is 3.42. The minimum atomic E-state index is -0.352. The highest BCUT2D eigenvalue weighted by Gasteiger charge is 2.21. The summed E-state index contributed by atoms with van der Waals surface area (Å²) in [4.78, 5) is 15.1. The molecule has 160 valence electrons. The maximum Gasteiger partial charge on any atom is 0.310 e. The number of phenols is 1. The topological polar surface area (TPSA) is 109 Å². The van der Waals surface area contributed by atoms with E-state index in [0.717, 1.165) is 24.8 Å². The van der Waals surface area contributed by atoms with Crippen LogP contribution in [0.25, 0.3) is 22.8 Å².